The number of nitrogens with zero attached hydrogens (tertiary/aromatic N) is 2. The standard InChI is InChI=1S/C17H31ClN2S.ClH/c1-19(2)10-5-11-20-14-6-3-4-7-16(14)21-17-9-8-13(18)12-15(17)20;/h13-17H,3-12H2,1-2H3;1H. The molecule has 3 aliphatic rings. The van der Waals surface area contributed by atoms with Crippen molar-refractivity contribution < 1.29 is 0 Å². The SMILES string of the molecule is CN(C)CCCN1C2CCCCC2SC2CCC(Cl)CC21.Cl. The van der Waals surface area contributed by atoms with Gasteiger partial charge in [-0.05, 0) is 59.2 Å². The first-order valence-corrected chi connectivity index (χ1v) is 10.2. The summed E-state index contributed by atoms with van der Waals surface area (Å²) in [4.78, 5) is 5.22. The molecule has 5 heteroatoms. The van der Waals surface area contributed by atoms with Crippen molar-refractivity contribution in [3.63, 3.8) is 0 Å². The Morgan fingerprint density at radius 3 is 2.55 bits per heavy atom. The van der Waals surface area contributed by atoms with Crippen molar-refractivity contribution in [3.8, 4) is 0 Å². The lowest BCUT2D eigenvalue weighted by atomic mass is 9.87. The van der Waals surface area contributed by atoms with Crippen LogP contribution in [0.4, 0.5) is 0 Å². The zero-order valence-corrected chi connectivity index (χ0v) is 16.4. The summed E-state index contributed by atoms with van der Waals surface area (Å²) in [7, 11) is 4.38. The summed E-state index contributed by atoms with van der Waals surface area (Å²) in [5, 5.41) is 2.19. The fourth-order valence-corrected chi connectivity index (χ4v) is 6.82. The lowest BCUT2D eigenvalue weighted by Gasteiger charge is -2.54. The van der Waals surface area contributed by atoms with Gasteiger partial charge in [-0.2, -0.15) is 11.8 Å². The third-order valence-electron chi connectivity index (χ3n) is 5.58. The van der Waals surface area contributed by atoms with Crippen molar-refractivity contribution in [2.45, 2.75) is 79.3 Å². The van der Waals surface area contributed by atoms with Crippen molar-refractivity contribution in [1.29, 1.82) is 0 Å². The van der Waals surface area contributed by atoms with Gasteiger partial charge in [0.2, 0.25) is 0 Å². The molecule has 130 valence electrons. The summed E-state index contributed by atoms with van der Waals surface area (Å²) >= 11 is 8.85. The summed E-state index contributed by atoms with van der Waals surface area (Å²) in [5.41, 5.74) is 0. The van der Waals surface area contributed by atoms with Crippen molar-refractivity contribution >= 4 is 35.8 Å². The Balaban J connectivity index is 0.00000176. The van der Waals surface area contributed by atoms with Crippen LogP contribution in [0.3, 0.4) is 0 Å². The lowest BCUT2D eigenvalue weighted by molar-refractivity contribution is 0.0750. The number of hydrogen-bond donors (Lipinski definition) is 0. The van der Waals surface area contributed by atoms with Crippen LogP contribution >= 0.6 is 35.8 Å². The molecular weight excluding hydrogens is 335 g/mol. The third-order valence-corrected chi connectivity index (χ3v) is 7.78. The maximum absolute atomic E-state index is 6.52. The quantitative estimate of drug-likeness (QED) is 0.686. The fourth-order valence-electron chi connectivity index (χ4n) is 4.56. The maximum atomic E-state index is 6.52. The van der Waals surface area contributed by atoms with Crippen LogP contribution in [0.2, 0.25) is 0 Å². The van der Waals surface area contributed by atoms with E-state index in [2.05, 4.69) is 35.7 Å². The highest BCUT2D eigenvalue weighted by atomic mass is 35.5. The fraction of sp³-hybridized carbons (Fsp3) is 1.00. The molecule has 0 aromatic carbocycles. The number of alkyl halides is 1. The summed E-state index contributed by atoms with van der Waals surface area (Å²) in [5.74, 6) is 0. The predicted octanol–water partition coefficient (Wildman–Crippen LogP) is 4.25. The normalized spacial score (nSPS) is 39.0. The molecule has 2 saturated carbocycles. The summed E-state index contributed by atoms with van der Waals surface area (Å²) in [6, 6.07) is 1.60. The van der Waals surface area contributed by atoms with Crippen molar-refractivity contribution in [2.75, 3.05) is 27.2 Å². The maximum Gasteiger partial charge on any atom is 0.0351 e. The van der Waals surface area contributed by atoms with Gasteiger partial charge in [-0.15, -0.1) is 24.0 Å². The van der Waals surface area contributed by atoms with Gasteiger partial charge in [0.15, 0.2) is 0 Å². The highest BCUT2D eigenvalue weighted by Gasteiger charge is 2.45. The third kappa shape index (κ3) is 4.47. The summed E-state index contributed by atoms with van der Waals surface area (Å²) < 4.78 is 0. The van der Waals surface area contributed by atoms with Gasteiger partial charge in [-0.1, -0.05) is 12.8 Å². The van der Waals surface area contributed by atoms with Crippen LogP contribution in [0.5, 0.6) is 0 Å². The molecule has 0 aromatic rings. The molecule has 2 nitrogen and oxygen atoms in total. The number of hydrogen-bond acceptors (Lipinski definition) is 3. The van der Waals surface area contributed by atoms with Crippen molar-refractivity contribution in [3.05, 3.63) is 0 Å². The molecule has 2 aliphatic carbocycles. The molecule has 0 radical (unpaired) electrons. The minimum atomic E-state index is 0. The predicted molar refractivity (Wildman–Crippen MR) is 102 cm³/mol. The zero-order chi connectivity index (χ0) is 14.8. The molecule has 0 aromatic heterocycles. The van der Waals surface area contributed by atoms with Crippen molar-refractivity contribution in [1.82, 2.24) is 9.80 Å². The molecule has 5 atom stereocenters. The minimum Gasteiger partial charge on any atom is -0.309 e. The molecule has 1 saturated heterocycles. The van der Waals surface area contributed by atoms with Crippen molar-refractivity contribution in [2.24, 2.45) is 0 Å². The minimum absolute atomic E-state index is 0. The van der Waals surface area contributed by atoms with E-state index in [1.54, 1.807) is 0 Å². The van der Waals surface area contributed by atoms with Crippen LogP contribution < -0.4 is 0 Å². The average molecular weight is 367 g/mol. The van der Waals surface area contributed by atoms with E-state index in [-0.39, 0.29) is 12.4 Å². The first kappa shape index (κ1) is 19.2. The van der Waals surface area contributed by atoms with E-state index >= 15 is 0 Å². The van der Waals surface area contributed by atoms with Gasteiger partial charge in [0, 0.05) is 34.5 Å². The summed E-state index contributed by atoms with van der Waals surface area (Å²) in [6.07, 6.45) is 10.9. The van der Waals surface area contributed by atoms with Gasteiger partial charge < -0.3 is 4.90 Å². The Bertz CT molecular complexity index is 343. The van der Waals surface area contributed by atoms with Crippen LogP contribution in [0.1, 0.15) is 51.4 Å². The molecule has 3 fully saturated rings. The Labute approximate surface area is 152 Å². The molecule has 0 spiro atoms. The first-order valence-electron chi connectivity index (χ1n) is 8.85. The van der Waals surface area contributed by atoms with Crippen LogP contribution in [0, 0.1) is 0 Å². The van der Waals surface area contributed by atoms with E-state index in [9.17, 15) is 0 Å². The molecule has 0 amide bonds. The molecule has 1 heterocycles. The van der Waals surface area contributed by atoms with E-state index < -0.39 is 0 Å². The van der Waals surface area contributed by atoms with E-state index in [0.29, 0.717) is 5.38 Å². The zero-order valence-electron chi connectivity index (χ0n) is 14.0. The molecule has 5 unspecified atom stereocenters. The van der Waals surface area contributed by atoms with Gasteiger partial charge in [0.05, 0.1) is 0 Å². The second-order valence-electron chi connectivity index (χ2n) is 7.44. The Hall–Kier alpha value is 0.850. The largest absolute Gasteiger partial charge is 0.309 e. The molecule has 0 N–H and O–H groups in total. The number of halogens is 2. The van der Waals surface area contributed by atoms with Gasteiger partial charge in [0.1, 0.15) is 0 Å². The lowest BCUT2D eigenvalue weighted by Crippen LogP contribution is -2.59. The highest BCUT2D eigenvalue weighted by Crippen LogP contribution is 2.47. The topological polar surface area (TPSA) is 6.48 Å². The Morgan fingerprint density at radius 1 is 1.05 bits per heavy atom. The van der Waals surface area contributed by atoms with Crippen LogP contribution in [-0.4, -0.2) is 64.9 Å². The Morgan fingerprint density at radius 2 is 1.77 bits per heavy atom. The van der Waals surface area contributed by atoms with Gasteiger partial charge in [-0.3, -0.25) is 4.90 Å². The average Bonchev–Trinajstić information content (AvgIpc) is 2.46. The number of fused-ring (bicyclic) bond motifs is 2. The molecule has 3 rings (SSSR count). The smallest absolute Gasteiger partial charge is 0.0351 e. The molecule has 0 bridgehead atoms. The molecule has 22 heavy (non-hydrogen) atoms. The van der Waals surface area contributed by atoms with Crippen LogP contribution in [0.25, 0.3) is 0 Å². The number of thioether (sulfide) groups is 1. The highest BCUT2D eigenvalue weighted by molar-refractivity contribution is 8.00. The van der Waals surface area contributed by atoms with Crippen LogP contribution in [-0.2, 0) is 0 Å². The second-order valence-corrected chi connectivity index (χ2v) is 9.54. The first-order chi connectivity index (χ1) is 10.1. The van der Waals surface area contributed by atoms with E-state index in [4.69, 9.17) is 11.6 Å². The van der Waals surface area contributed by atoms with Gasteiger partial charge in [-0.25, -0.2) is 0 Å². The van der Waals surface area contributed by atoms with E-state index in [1.165, 1.54) is 64.5 Å². The second kappa shape index (κ2) is 8.80. The Kier molecular flexibility index (Phi) is 7.67. The molecular formula is C17H32Cl2N2S. The van der Waals surface area contributed by atoms with Gasteiger partial charge >= 0.3 is 0 Å². The number of rotatable bonds is 4. The monoisotopic (exact) mass is 366 g/mol. The van der Waals surface area contributed by atoms with Gasteiger partial charge in [0.25, 0.3) is 0 Å². The molecule has 1 aliphatic heterocycles. The van der Waals surface area contributed by atoms with E-state index in [0.717, 1.165) is 22.6 Å². The summed E-state index contributed by atoms with van der Waals surface area (Å²) in [6.45, 7) is 2.49. The van der Waals surface area contributed by atoms with Crippen LogP contribution in [0.15, 0.2) is 0 Å². The van der Waals surface area contributed by atoms with E-state index in [1.807, 2.05) is 0 Å².